The number of hydrogen-bond acceptors (Lipinski definition) is 3. The van der Waals surface area contributed by atoms with Gasteiger partial charge in [-0.25, -0.2) is 5.10 Å². The molecule has 4 nitrogen and oxygen atoms in total. The Morgan fingerprint density at radius 1 is 1.80 bits per heavy atom. The maximum Gasteiger partial charge on any atom is 0.220 e. The van der Waals surface area contributed by atoms with Crippen molar-refractivity contribution in [2.24, 2.45) is 0 Å². The molecule has 1 aromatic heterocycles. The third-order valence-electron chi connectivity index (χ3n) is 1.10. The average molecular weight is 179 g/mol. The highest BCUT2D eigenvalue weighted by Gasteiger charge is 1.98. The minimum Gasteiger partial charge on any atom is -0.368 e. The molecule has 1 rings (SSSR count). The van der Waals surface area contributed by atoms with Crippen molar-refractivity contribution in [2.45, 2.75) is 6.54 Å². The molecule has 0 atom stereocenters. The second-order valence-corrected chi connectivity index (χ2v) is 2.49. The SMILES string of the molecule is Nc1n[nH]c(=S)n1CCCl. The van der Waals surface area contributed by atoms with E-state index in [1.165, 1.54) is 0 Å². The second kappa shape index (κ2) is 3.03. The van der Waals surface area contributed by atoms with Crippen LogP contribution in [0.15, 0.2) is 0 Å². The van der Waals surface area contributed by atoms with Crippen LogP contribution in [-0.4, -0.2) is 20.6 Å². The van der Waals surface area contributed by atoms with Crippen LogP contribution in [0.2, 0.25) is 0 Å². The molecule has 0 unspecified atom stereocenters. The van der Waals surface area contributed by atoms with Crippen LogP contribution in [0.25, 0.3) is 0 Å². The zero-order valence-electron chi connectivity index (χ0n) is 5.17. The summed E-state index contributed by atoms with van der Waals surface area (Å²) in [6.07, 6.45) is 0. The fourth-order valence-corrected chi connectivity index (χ4v) is 1.03. The van der Waals surface area contributed by atoms with Crippen molar-refractivity contribution in [3.05, 3.63) is 4.77 Å². The summed E-state index contributed by atoms with van der Waals surface area (Å²) in [5.41, 5.74) is 5.42. The van der Waals surface area contributed by atoms with E-state index in [0.29, 0.717) is 23.1 Å². The molecule has 3 N–H and O–H groups in total. The average Bonchev–Trinajstić information content (AvgIpc) is 2.20. The van der Waals surface area contributed by atoms with E-state index in [2.05, 4.69) is 10.2 Å². The van der Waals surface area contributed by atoms with Gasteiger partial charge in [0.15, 0.2) is 4.77 Å². The summed E-state index contributed by atoms with van der Waals surface area (Å²) in [7, 11) is 0. The first-order chi connectivity index (χ1) is 4.75. The van der Waals surface area contributed by atoms with E-state index >= 15 is 0 Å². The van der Waals surface area contributed by atoms with Gasteiger partial charge in [0, 0.05) is 12.4 Å². The Bertz CT molecular complexity index is 264. The summed E-state index contributed by atoms with van der Waals surface area (Å²) >= 11 is 10.3. The number of nitrogens with zero attached hydrogens (tertiary/aromatic N) is 2. The van der Waals surface area contributed by atoms with Crippen molar-refractivity contribution in [2.75, 3.05) is 11.6 Å². The highest BCUT2D eigenvalue weighted by atomic mass is 35.5. The zero-order valence-corrected chi connectivity index (χ0v) is 6.74. The molecule has 0 saturated carbocycles. The zero-order chi connectivity index (χ0) is 7.56. The Balaban J connectivity index is 2.99. The van der Waals surface area contributed by atoms with Crippen LogP contribution in [-0.2, 0) is 6.54 Å². The van der Waals surface area contributed by atoms with Gasteiger partial charge in [0.1, 0.15) is 0 Å². The van der Waals surface area contributed by atoms with Gasteiger partial charge in [0.25, 0.3) is 0 Å². The Labute approximate surface area is 68.0 Å². The standard InChI is InChI=1S/C4H7ClN4S/c5-1-2-9-3(6)7-8-4(9)10/h1-2H2,(H2,6,7)(H,8,10). The van der Waals surface area contributed by atoms with Gasteiger partial charge in [-0.2, -0.15) is 0 Å². The summed E-state index contributed by atoms with van der Waals surface area (Å²) in [6, 6.07) is 0. The maximum absolute atomic E-state index is 5.47. The Morgan fingerprint density at radius 2 is 2.50 bits per heavy atom. The van der Waals surface area contributed by atoms with Crippen LogP contribution >= 0.6 is 23.8 Å². The topological polar surface area (TPSA) is 59.6 Å². The molecule has 10 heavy (non-hydrogen) atoms. The number of nitrogens with one attached hydrogen (secondary N) is 1. The van der Waals surface area contributed by atoms with Gasteiger partial charge in [-0.05, 0) is 12.2 Å². The number of halogens is 1. The van der Waals surface area contributed by atoms with E-state index < -0.39 is 0 Å². The molecule has 0 aliphatic heterocycles. The molecule has 1 heterocycles. The van der Waals surface area contributed by atoms with Gasteiger partial charge >= 0.3 is 0 Å². The van der Waals surface area contributed by atoms with E-state index in [1.54, 1.807) is 4.57 Å². The molecule has 0 fully saturated rings. The number of anilines is 1. The van der Waals surface area contributed by atoms with Gasteiger partial charge in [0.2, 0.25) is 5.95 Å². The molecule has 0 amide bonds. The first-order valence-electron chi connectivity index (χ1n) is 2.72. The molecule has 1 aromatic rings. The predicted octanol–water partition coefficient (Wildman–Crippen LogP) is 0.762. The predicted molar refractivity (Wildman–Crippen MR) is 42.5 cm³/mol. The lowest BCUT2D eigenvalue weighted by Crippen LogP contribution is -2.04. The fourth-order valence-electron chi connectivity index (χ4n) is 0.630. The van der Waals surface area contributed by atoms with Gasteiger partial charge in [0.05, 0.1) is 0 Å². The Morgan fingerprint density at radius 3 is 2.90 bits per heavy atom. The van der Waals surface area contributed by atoms with Crippen LogP contribution in [0.1, 0.15) is 0 Å². The summed E-state index contributed by atoms with van der Waals surface area (Å²) in [6.45, 7) is 0.600. The number of nitrogen functional groups attached to an aromatic ring is 1. The largest absolute Gasteiger partial charge is 0.368 e. The van der Waals surface area contributed by atoms with E-state index in [9.17, 15) is 0 Å². The molecule has 0 radical (unpaired) electrons. The van der Waals surface area contributed by atoms with Gasteiger partial charge in [-0.1, -0.05) is 0 Å². The van der Waals surface area contributed by atoms with E-state index in [1.807, 2.05) is 0 Å². The smallest absolute Gasteiger partial charge is 0.220 e. The minimum atomic E-state index is 0.380. The van der Waals surface area contributed by atoms with Crippen molar-refractivity contribution in [1.29, 1.82) is 0 Å². The second-order valence-electron chi connectivity index (χ2n) is 1.73. The molecule has 0 aliphatic rings. The molecular formula is C4H7ClN4S. The molecule has 0 saturated heterocycles. The Hall–Kier alpha value is -0.550. The summed E-state index contributed by atoms with van der Waals surface area (Å²) in [5, 5.41) is 6.25. The summed E-state index contributed by atoms with van der Waals surface area (Å²) in [5.74, 6) is 0.864. The number of H-pyrrole nitrogens is 1. The molecular weight excluding hydrogens is 172 g/mol. The van der Waals surface area contributed by atoms with E-state index in [4.69, 9.17) is 29.6 Å². The van der Waals surface area contributed by atoms with Gasteiger partial charge in [-0.3, -0.25) is 4.57 Å². The minimum absolute atomic E-state index is 0.380. The first kappa shape index (κ1) is 7.56. The lowest BCUT2D eigenvalue weighted by molar-refractivity contribution is 0.764. The normalized spacial score (nSPS) is 10.1. The van der Waals surface area contributed by atoms with Crippen LogP contribution in [0.5, 0.6) is 0 Å². The van der Waals surface area contributed by atoms with Crippen molar-refractivity contribution >= 4 is 29.8 Å². The van der Waals surface area contributed by atoms with Gasteiger partial charge in [-0.15, -0.1) is 16.7 Å². The van der Waals surface area contributed by atoms with E-state index in [0.717, 1.165) is 0 Å². The quantitative estimate of drug-likeness (QED) is 0.520. The summed E-state index contributed by atoms with van der Waals surface area (Å²) < 4.78 is 2.15. The van der Waals surface area contributed by atoms with Crippen molar-refractivity contribution in [3.8, 4) is 0 Å². The summed E-state index contributed by atoms with van der Waals surface area (Å²) in [4.78, 5) is 0. The lowest BCUT2D eigenvalue weighted by Gasteiger charge is -1.96. The van der Waals surface area contributed by atoms with Crippen LogP contribution in [0, 0.1) is 4.77 Å². The highest BCUT2D eigenvalue weighted by Crippen LogP contribution is 1.98. The molecule has 0 spiro atoms. The number of hydrogen-bond donors (Lipinski definition) is 2. The number of nitrogens with two attached hydrogens (primary N) is 1. The Kier molecular flexibility index (Phi) is 2.29. The number of rotatable bonds is 2. The van der Waals surface area contributed by atoms with Gasteiger partial charge < -0.3 is 5.73 Å². The van der Waals surface area contributed by atoms with Crippen molar-refractivity contribution < 1.29 is 0 Å². The van der Waals surface area contributed by atoms with Crippen molar-refractivity contribution in [1.82, 2.24) is 14.8 Å². The lowest BCUT2D eigenvalue weighted by atomic mass is 10.7. The highest BCUT2D eigenvalue weighted by molar-refractivity contribution is 7.71. The molecule has 0 bridgehead atoms. The van der Waals surface area contributed by atoms with E-state index in [-0.39, 0.29) is 0 Å². The molecule has 0 aromatic carbocycles. The number of alkyl halides is 1. The first-order valence-corrected chi connectivity index (χ1v) is 3.66. The molecule has 56 valence electrons. The van der Waals surface area contributed by atoms with Crippen LogP contribution < -0.4 is 5.73 Å². The third-order valence-corrected chi connectivity index (χ3v) is 1.58. The van der Waals surface area contributed by atoms with Crippen LogP contribution in [0.4, 0.5) is 5.95 Å². The van der Waals surface area contributed by atoms with Crippen molar-refractivity contribution in [3.63, 3.8) is 0 Å². The molecule has 6 heteroatoms. The number of aromatic nitrogens is 3. The maximum atomic E-state index is 5.47. The van der Waals surface area contributed by atoms with Crippen LogP contribution in [0.3, 0.4) is 0 Å². The third kappa shape index (κ3) is 1.30. The number of aromatic amines is 1. The fraction of sp³-hybridized carbons (Fsp3) is 0.500. The molecule has 0 aliphatic carbocycles. The monoisotopic (exact) mass is 178 g/mol.